The molecule has 0 saturated carbocycles. The summed E-state index contributed by atoms with van der Waals surface area (Å²) in [6, 6.07) is 2.91. The zero-order chi connectivity index (χ0) is 10.1. The normalized spacial score (nSPS) is 15.5. The second-order valence-corrected chi connectivity index (χ2v) is 3.10. The molecule has 0 aliphatic rings. The van der Waals surface area contributed by atoms with Crippen LogP contribution in [0.3, 0.4) is 0 Å². The van der Waals surface area contributed by atoms with Gasteiger partial charge in [0.2, 0.25) is 0 Å². The SMILES string of the molecule is CC(O)(CN)c1cc(F)ccc1F. The summed E-state index contributed by atoms with van der Waals surface area (Å²) in [5, 5.41) is 9.57. The molecule has 13 heavy (non-hydrogen) atoms. The Kier molecular flexibility index (Phi) is 2.63. The highest BCUT2D eigenvalue weighted by Gasteiger charge is 2.25. The Hall–Kier alpha value is -1.00. The number of hydrogen-bond donors (Lipinski definition) is 2. The van der Waals surface area contributed by atoms with Crippen LogP contribution in [0.5, 0.6) is 0 Å². The van der Waals surface area contributed by atoms with Gasteiger partial charge in [-0.3, -0.25) is 0 Å². The second kappa shape index (κ2) is 3.40. The first-order chi connectivity index (χ1) is 5.97. The molecule has 0 saturated heterocycles. The third-order valence-corrected chi connectivity index (χ3v) is 1.91. The van der Waals surface area contributed by atoms with Gasteiger partial charge in [-0.15, -0.1) is 0 Å². The first-order valence-corrected chi connectivity index (χ1v) is 3.85. The molecule has 0 aliphatic carbocycles. The van der Waals surface area contributed by atoms with E-state index in [2.05, 4.69) is 0 Å². The quantitative estimate of drug-likeness (QED) is 0.729. The van der Waals surface area contributed by atoms with E-state index in [4.69, 9.17) is 5.73 Å². The van der Waals surface area contributed by atoms with E-state index in [9.17, 15) is 13.9 Å². The fraction of sp³-hybridized carbons (Fsp3) is 0.333. The lowest BCUT2D eigenvalue weighted by Crippen LogP contribution is -2.32. The summed E-state index contributed by atoms with van der Waals surface area (Å²) < 4.78 is 25.8. The molecule has 1 unspecified atom stereocenters. The van der Waals surface area contributed by atoms with Crippen molar-refractivity contribution in [2.45, 2.75) is 12.5 Å². The minimum atomic E-state index is -1.52. The molecule has 4 heteroatoms. The molecule has 0 amide bonds. The van der Waals surface area contributed by atoms with Gasteiger partial charge in [-0.2, -0.15) is 0 Å². The van der Waals surface area contributed by atoms with Gasteiger partial charge in [-0.1, -0.05) is 0 Å². The summed E-state index contributed by atoms with van der Waals surface area (Å²) in [6.45, 7) is 1.18. The number of aliphatic hydroxyl groups is 1. The van der Waals surface area contributed by atoms with Gasteiger partial charge in [0.1, 0.15) is 17.2 Å². The minimum Gasteiger partial charge on any atom is -0.384 e. The van der Waals surface area contributed by atoms with Crippen molar-refractivity contribution < 1.29 is 13.9 Å². The van der Waals surface area contributed by atoms with Gasteiger partial charge in [0.15, 0.2) is 0 Å². The van der Waals surface area contributed by atoms with Crippen molar-refractivity contribution in [3.8, 4) is 0 Å². The zero-order valence-electron chi connectivity index (χ0n) is 7.22. The van der Waals surface area contributed by atoms with Crippen LogP contribution in [0.25, 0.3) is 0 Å². The van der Waals surface area contributed by atoms with Crippen LogP contribution >= 0.6 is 0 Å². The summed E-state index contributed by atoms with van der Waals surface area (Å²) in [7, 11) is 0. The summed E-state index contributed by atoms with van der Waals surface area (Å²) in [6.07, 6.45) is 0. The highest BCUT2D eigenvalue weighted by Crippen LogP contribution is 2.22. The predicted molar refractivity (Wildman–Crippen MR) is 45.0 cm³/mol. The van der Waals surface area contributed by atoms with E-state index in [0.717, 1.165) is 18.2 Å². The van der Waals surface area contributed by atoms with Crippen molar-refractivity contribution >= 4 is 0 Å². The van der Waals surface area contributed by atoms with E-state index >= 15 is 0 Å². The van der Waals surface area contributed by atoms with Crippen molar-refractivity contribution in [3.63, 3.8) is 0 Å². The average molecular weight is 187 g/mol. The second-order valence-electron chi connectivity index (χ2n) is 3.10. The van der Waals surface area contributed by atoms with Gasteiger partial charge in [-0.05, 0) is 25.1 Å². The molecular formula is C9H11F2NO. The van der Waals surface area contributed by atoms with Crippen LogP contribution in [0.4, 0.5) is 8.78 Å². The van der Waals surface area contributed by atoms with Gasteiger partial charge < -0.3 is 10.8 Å². The molecule has 72 valence electrons. The molecule has 0 bridgehead atoms. The van der Waals surface area contributed by atoms with Crippen LogP contribution in [0.1, 0.15) is 12.5 Å². The molecule has 0 aliphatic heterocycles. The average Bonchev–Trinajstić information content (AvgIpc) is 2.09. The Labute approximate surface area is 75.0 Å². The molecule has 1 aromatic carbocycles. The number of halogens is 2. The molecule has 0 aromatic heterocycles. The summed E-state index contributed by atoms with van der Waals surface area (Å²) >= 11 is 0. The maximum Gasteiger partial charge on any atom is 0.129 e. The Balaban J connectivity index is 3.20. The van der Waals surface area contributed by atoms with Crippen LogP contribution in [-0.4, -0.2) is 11.7 Å². The third kappa shape index (κ3) is 2.02. The smallest absolute Gasteiger partial charge is 0.129 e. The summed E-state index contributed by atoms with van der Waals surface area (Å²) in [5.41, 5.74) is 3.58. The monoisotopic (exact) mass is 187 g/mol. The number of rotatable bonds is 2. The van der Waals surface area contributed by atoms with Crippen molar-refractivity contribution in [1.82, 2.24) is 0 Å². The lowest BCUT2D eigenvalue weighted by molar-refractivity contribution is 0.0625. The topological polar surface area (TPSA) is 46.2 Å². The zero-order valence-corrected chi connectivity index (χ0v) is 7.22. The molecule has 0 radical (unpaired) electrons. The molecule has 3 N–H and O–H groups in total. The Morgan fingerprint density at radius 1 is 1.46 bits per heavy atom. The van der Waals surface area contributed by atoms with Gasteiger partial charge >= 0.3 is 0 Å². The molecule has 0 heterocycles. The van der Waals surface area contributed by atoms with E-state index in [1.54, 1.807) is 0 Å². The first kappa shape index (κ1) is 10.1. The van der Waals surface area contributed by atoms with Crippen molar-refractivity contribution in [2.75, 3.05) is 6.54 Å². The lowest BCUT2D eigenvalue weighted by atomic mass is 9.96. The molecule has 0 spiro atoms. The first-order valence-electron chi connectivity index (χ1n) is 3.85. The Morgan fingerprint density at radius 3 is 2.62 bits per heavy atom. The van der Waals surface area contributed by atoms with Crippen LogP contribution in [0, 0.1) is 11.6 Å². The maximum absolute atomic E-state index is 13.1. The Morgan fingerprint density at radius 2 is 2.08 bits per heavy atom. The molecular weight excluding hydrogens is 176 g/mol. The number of benzene rings is 1. The standard InChI is InChI=1S/C9H11F2NO/c1-9(13,5-12)7-4-6(10)2-3-8(7)11/h2-4,13H,5,12H2,1H3. The number of nitrogens with two attached hydrogens (primary N) is 1. The van der Waals surface area contributed by atoms with E-state index in [1.165, 1.54) is 6.92 Å². The van der Waals surface area contributed by atoms with E-state index in [-0.39, 0.29) is 12.1 Å². The fourth-order valence-electron chi connectivity index (χ4n) is 1.02. The molecule has 1 aromatic rings. The van der Waals surface area contributed by atoms with Crippen molar-refractivity contribution in [3.05, 3.63) is 35.4 Å². The summed E-state index contributed by atoms with van der Waals surface area (Å²) in [4.78, 5) is 0. The largest absolute Gasteiger partial charge is 0.384 e. The van der Waals surface area contributed by atoms with Crippen molar-refractivity contribution in [2.24, 2.45) is 5.73 Å². The molecule has 1 atom stereocenters. The van der Waals surface area contributed by atoms with E-state index < -0.39 is 17.2 Å². The third-order valence-electron chi connectivity index (χ3n) is 1.91. The highest BCUT2D eigenvalue weighted by atomic mass is 19.1. The van der Waals surface area contributed by atoms with E-state index in [1.807, 2.05) is 0 Å². The van der Waals surface area contributed by atoms with Crippen molar-refractivity contribution in [1.29, 1.82) is 0 Å². The van der Waals surface area contributed by atoms with Gasteiger partial charge in [0, 0.05) is 12.1 Å². The van der Waals surface area contributed by atoms with Gasteiger partial charge in [-0.25, -0.2) is 8.78 Å². The van der Waals surface area contributed by atoms with E-state index in [0.29, 0.717) is 0 Å². The Bertz CT molecular complexity index is 312. The van der Waals surface area contributed by atoms with Gasteiger partial charge in [0.25, 0.3) is 0 Å². The van der Waals surface area contributed by atoms with Crippen LogP contribution < -0.4 is 5.73 Å². The summed E-state index contributed by atoms with van der Waals surface area (Å²) in [5.74, 6) is -1.25. The molecule has 0 fully saturated rings. The predicted octanol–water partition coefficient (Wildman–Crippen LogP) is 1.13. The van der Waals surface area contributed by atoms with Crippen LogP contribution in [0.15, 0.2) is 18.2 Å². The molecule has 1 rings (SSSR count). The number of hydrogen-bond acceptors (Lipinski definition) is 2. The molecule has 2 nitrogen and oxygen atoms in total. The van der Waals surface area contributed by atoms with Gasteiger partial charge in [0.05, 0.1) is 0 Å². The van der Waals surface area contributed by atoms with Crippen LogP contribution in [-0.2, 0) is 5.60 Å². The maximum atomic E-state index is 13.1. The minimum absolute atomic E-state index is 0.116. The lowest BCUT2D eigenvalue weighted by Gasteiger charge is -2.21. The van der Waals surface area contributed by atoms with Crippen LogP contribution in [0.2, 0.25) is 0 Å². The fourth-order valence-corrected chi connectivity index (χ4v) is 1.02. The highest BCUT2D eigenvalue weighted by molar-refractivity contribution is 5.24.